The van der Waals surface area contributed by atoms with E-state index in [-0.39, 0.29) is 23.9 Å². The van der Waals surface area contributed by atoms with Crippen molar-refractivity contribution in [1.29, 1.82) is 0 Å². The average Bonchev–Trinajstić information content (AvgIpc) is 3.27. The maximum absolute atomic E-state index is 12.6. The number of urea groups is 1. The zero-order chi connectivity index (χ0) is 15.3. The lowest BCUT2D eigenvalue weighted by molar-refractivity contribution is -0.122. The molecule has 3 heterocycles. The van der Waals surface area contributed by atoms with Crippen molar-refractivity contribution in [2.24, 2.45) is 0 Å². The second kappa shape index (κ2) is 5.33. The van der Waals surface area contributed by atoms with Crippen LogP contribution < -0.4 is 5.32 Å². The van der Waals surface area contributed by atoms with E-state index in [1.54, 1.807) is 0 Å². The summed E-state index contributed by atoms with van der Waals surface area (Å²) >= 11 is 3.53. The molecule has 1 aliphatic carbocycles. The predicted octanol–water partition coefficient (Wildman–Crippen LogP) is 3.45. The number of ketones is 1. The third-order valence-electron chi connectivity index (χ3n) is 4.85. The van der Waals surface area contributed by atoms with Crippen LogP contribution in [0, 0.1) is 0 Å². The summed E-state index contributed by atoms with van der Waals surface area (Å²) in [4.78, 5) is 30.7. The zero-order valence-corrected chi connectivity index (χ0v) is 13.8. The molecule has 22 heavy (non-hydrogen) atoms. The van der Waals surface area contributed by atoms with Crippen molar-refractivity contribution in [2.45, 2.75) is 56.5 Å². The summed E-state index contributed by atoms with van der Waals surface area (Å²) in [6.45, 7) is 0. The Balaban J connectivity index is 1.50. The van der Waals surface area contributed by atoms with Crippen molar-refractivity contribution in [3.63, 3.8) is 0 Å². The Morgan fingerprint density at radius 1 is 1.18 bits per heavy atom. The normalized spacial score (nSPS) is 27.1. The standard InChI is InChI=1S/C16H18BrN3O2/c17-13-5-6-14(18-15(13)9-1-2-9)19-16(22)20-10-3-4-11(20)8-12(21)7-10/h5-6,9-11H,1-4,7-8H2,(H,18,19,22). The number of hydrogen-bond donors (Lipinski definition) is 1. The van der Waals surface area contributed by atoms with E-state index in [9.17, 15) is 9.59 Å². The molecule has 0 spiro atoms. The second-order valence-corrected chi connectivity index (χ2v) is 7.36. The van der Waals surface area contributed by atoms with Crippen LogP contribution in [0.2, 0.25) is 0 Å². The van der Waals surface area contributed by atoms with Crippen LogP contribution >= 0.6 is 15.9 Å². The van der Waals surface area contributed by atoms with Gasteiger partial charge in [0.25, 0.3) is 0 Å². The average molecular weight is 364 g/mol. The predicted molar refractivity (Wildman–Crippen MR) is 85.8 cm³/mol. The first-order valence-electron chi connectivity index (χ1n) is 7.89. The van der Waals surface area contributed by atoms with E-state index < -0.39 is 0 Å². The summed E-state index contributed by atoms with van der Waals surface area (Å²) in [5.41, 5.74) is 1.04. The number of pyridine rings is 1. The van der Waals surface area contributed by atoms with E-state index in [1.807, 2.05) is 17.0 Å². The Morgan fingerprint density at radius 2 is 1.86 bits per heavy atom. The Labute approximate surface area is 137 Å². The largest absolute Gasteiger partial charge is 0.323 e. The van der Waals surface area contributed by atoms with E-state index in [4.69, 9.17) is 0 Å². The first kappa shape index (κ1) is 14.2. The minimum absolute atomic E-state index is 0.0737. The lowest BCUT2D eigenvalue weighted by atomic mass is 10.0. The molecule has 2 unspecified atom stereocenters. The first-order valence-corrected chi connectivity index (χ1v) is 8.68. The number of carbonyl (C=O) groups is 2. The number of nitrogens with zero attached hydrogens (tertiary/aromatic N) is 2. The number of carbonyl (C=O) groups excluding carboxylic acids is 2. The molecule has 116 valence electrons. The Bertz CT molecular complexity index is 628. The van der Waals surface area contributed by atoms with Crippen LogP contribution in [-0.4, -0.2) is 33.8 Å². The zero-order valence-electron chi connectivity index (χ0n) is 12.2. The maximum atomic E-state index is 12.6. The SMILES string of the molecule is O=C1CC2CCC(C1)N2C(=O)Nc1ccc(Br)c(C2CC2)n1. The fourth-order valence-electron chi connectivity index (χ4n) is 3.65. The number of piperidine rings is 1. The van der Waals surface area contributed by atoms with Crippen molar-refractivity contribution >= 4 is 33.6 Å². The lowest BCUT2D eigenvalue weighted by Gasteiger charge is -2.33. The molecule has 1 aromatic heterocycles. The van der Waals surface area contributed by atoms with E-state index in [0.717, 1.165) is 23.0 Å². The van der Waals surface area contributed by atoms with Gasteiger partial charge < -0.3 is 4.90 Å². The molecule has 2 aliphatic heterocycles. The molecule has 3 fully saturated rings. The number of fused-ring (bicyclic) bond motifs is 2. The maximum Gasteiger partial charge on any atom is 0.323 e. The van der Waals surface area contributed by atoms with E-state index in [2.05, 4.69) is 26.2 Å². The van der Waals surface area contributed by atoms with Crippen molar-refractivity contribution < 1.29 is 9.59 Å². The van der Waals surface area contributed by atoms with Crippen molar-refractivity contribution in [3.05, 3.63) is 22.3 Å². The minimum Gasteiger partial charge on any atom is -0.318 e. The van der Waals surface area contributed by atoms with Crippen LogP contribution in [0.5, 0.6) is 0 Å². The van der Waals surface area contributed by atoms with Gasteiger partial charge >= 0.3 is 6.03 Å². The second-order valence-electron chi connectivity index (χ2n) is 6.51. The minimum atomic E-state index is -0.114. The summed E-state index contributed by atoms with van der Waals surface area (Å²) in [6, 6.07) is 3.81. The number of anilines is 1. The molecule has 0 aromatic carbocycles. The van der Waals surface area contributed by atoms with Gasteiger partial charge in [0.1, 0.15) is 11.6 Å². The Hall–Kier alpha value is -1.43. The molecule has 2 atom stereocenters. The molecule has 2 amide bonds. The summed E-state index contributed by atoms with van der Waals surface area (Å²) in [6.07, 6.45) is 5.22. The van der Waals surface area contributed by atoms with Gasteiger partial charge in [-0.3, -0.25) is 10.1 Å². The summed E-state index contributed by atoms with van der Waals surface area (Å²) < 4.78 is 1.01. The fraction of sp³-hybridized carbons (Fsp3) is 0.562. The topological polar surface area (TPSA) is 62.3 Å². The quantitative estimate of drug-likeness (QED) is 0.874. The van der Waals surface area contributed by atoms with Crippen molar-refractivity contribution in [2.75, 3.05) is 5.32 Å². The molecule has 0 radical (unpaired) electrons. The summed E-state index contributed by atoms with van der Waals surface area (Å²) in [5, 5.41) is 2.92. The number of aromatic nitrogens is 1. The number of amides is 2. The van der Waals surface area contributed by atoms with E-state index in [0.29, 0.717) is 24.6 Å². The summed E-state index contributed by atoms with van der Waals surface area (Å²) in [7, 11) is 0. The van der Waals surface area contributed by atoms with Gasteiger partial charge in [-0.1, -0.05) is 0 Å². The van der Waals surface area contributed by atoms with Gasteiger partial charge in [-0.15, -0.1) is 0 Å². The monoisotopic (exact) mass is 363 g/mol. The van der Waals surface area contributed by atoms with Gasteiger partial charge in [0.2, 0.25) is 0 Å². The number of nitrogens with one attached hydrogen (secondary N) is 1. The van der Waals surface area contributed by atoms with Crippen molar-refractivity contribution in [3.8, 4) is 0 Å². The highest BCUT2D eigenvalue weighted by atomic mass is 79.9. The highest BCUT2D eigenvalue weighted by Crippen LogP contribution is 2.42. The van der Waals surface area contributed by atoms with Crippen LogP contribution in [0.4, 0.5) is 10.6 Å². The summed E-state index contributed by atoms with van der Waals surface area (Å²) in [5.74, 6) is 1.41. The van der Waals surface area contributed by atoms with Crippen LogP contribution in [0.1, 0.15) is 50.1 Å². The number of halogens is 1. The molecule has 1 aromatic rings. The van der Waals surface area contributed by atoms with Crippen LogP contribution in [0.15, 0.2) is 16.6 Å². The van der Waals surface area contributed by atoms with E-state index in [1.165, 1.54) is 12.8 Å². The molecule has 1 saturated carbocycles. The molecule has 5 nitrogen and oxygen atoms in total. The molecule has 2 bridgehead atoms. The van der Waals surface area contributed by atoms with Crippen molar-refractivity contribution in [1.82, 2.24) is 9.88 Å². The Kier molecular flexibility index (Phi) is 3.44. The van der Waals surface area contributed by atoms with Gasteiger partial charge in [-0.2, -0.15) is 0 Å². The van der Waals surface area contributed by atoms with Gasteiger partial charge in [0, 0.05) is 35.3 Å². The number of rotatable bonds is 2. The van der Waals surface area contributed by atoms with E-state index >= 15 is 0 Å². The molecule has 3 aliphatic rings. The van der Waals surface area contributed by atoms with Gasteiger partial charge in [-0.05, 0) is 53.7 Å². The van der Waals surface area contributed by atoms with Crippen LogP contribution in [0.25, 0.3) is 0 Å². The third-order valence-corrected chi connectivity index (χ3v) is 5.52. The fourth-order valence-corrected chi connectivity index (χ4v) is 4.19. The molecule has 2 saturated heterocycles. The van der Waals surface area contributed by atoms with Crippen LogP contribution in [-0.2, 0) is 4.79 Å². The molecular weight excluding hydrogens is 346 g/mol. The third kappa shape index (κ3) is 2.53. The van der Waals surface area contributed by atoms with Crippen LogP contribution in [0.3, 0.4) is 0 Å². The molecular formula is C16H18BrN3O2. The number of Topliss-reactive ketones (excluding diaryl/α,β-unsaturated/α-hetero) is 1. The molecule has 6 heteroatoms. The lowest BCUT2D eigenvalue weighted by Crippen LogP contribution is -2.48. The van der Waals surface area contributed by atoms with Gasteiger partial charge in [-0.25, -0.2) is 9.78 Å². The highest BCUT2D eigenvalue weighted by molar-refractivity contribution is 9.10. The Morgan fingerprint density at radius 3 is 2.50 bits per heavy atom. The first-order chi connectivity index (χ1) is 10.6. The molecule has 1 N–H and O–H groups in total. The smallest absolute Gasteiger partial charge is 0.318 e. The van der Waals surface area contributed by atoms with Gasteiger partial charge in [0.15, 0.2) is 0 Å². The van der Waals surface area contributed by atoms with Gasteiger partial charge in [0.05, 0.1) is 5.69 Å². The molecule has 4 rings (SSSR count). The highest BCUT2D eigenvalue weighted by Gasteiger charge is 2.42. The number of hydrogen-bond acceptors (Lipinski definition) is 3.